The summed E-state index contributed by atoms with van der Waals surface area (Å²) in [5.41, 5.74) is 3.21. The molecule has 7 heteroatoms. The van der Waals surface area contributed by atoms with Gasteiger partial charge in [0, 0.05) is 6.07 Å². The van der Waals surface area contributed by atoms with Crippen LogP contribution < -0.4 is 14.6 Å². The minimum atomic E-state index is -0.825. The number of nitrogens with zero attached hydrogens (tertiary/aromatic N) is 4. The number of benzene rings is 2. The number of carbonyl (C=O) groups is 2. The Hall–Kier alpha value is -3.22. The summed E-state index contributed by atoms with van der Waals surface area (Å²) in [4.78, 5) is 27.1. The normalized spacial score (nSPS) is 21.5. The number of fused-ring (bicyclic) bond motifs is 1. The van der Waals surface area contributed by atoms with Crippen molar-refractivity contribution in [2.24, 2.45) is 10.3 Å². The highest BCUT2D eigenvalue weighted by Crippen LogP contribution is 2.36. The van der Waals surface area contributed by atoms with Crippen molar-refractivity contribution in [1.29, 1.82) is 0 Å². The molecule has 2 heterocycles. The van der Waals surface area contributed by atoms with Crippen LogP contribution in [0.3, 0.4) is 0 Å². The monoisotopic (exact) mass is 350 g/mol. The summed E-state index contributed by atoms with van der Waals surface area (Å²) in [6.45, 7) is 3.87. The molecule has 0 unspecified atom stereocenters. The van der Waals surface area contributed by atoms with E-state index in [1.165, 1.54) is 9.91 Å². The van der Waals surface area contributed by atoms with Gasteiger partial charge in [-0.2, -0.15) is 5.11 Å². The van der Waals surface area contributed by atoms with Crippen molar-refractivity contribution < 1.29 is 14.3 Å². The SMILES string of the molecule is COc1cccc(N2N=N[C@H]3C(=O)N(c4cc(C)cc(C)c4)C(=O)[C@H]32)c1. The van der Waals surface area contributed by atoms with E-state index >= 15 is 0 Å². The molecule has 1 saturated heterocycles. The van der Waals surface area contributed by atoms with Crippen molar-refractivity contribution in [3.05, 3.63) is 53.6 Å². The molecule has 1 fully saturated rings. The number of aryl methyl sites for hydroxylation is 2. The molecule has 0 aliphatic carbocycles. The maximum Gasteiger partial charge on any atom is 0.263 e. The number of carbonyl (C=O) groups excluding carboxylic acids is 2. The Kier molecular flexibility index (Phi) is 3.72. The third kappa shape index (κ3) is 2.44. The molecule has 0 saturated carbocycles. The largest absolute Gasteiger partial charge is 0.497 e. The van der Waals surface area contributed by atoms with E-state index in [0.717, 1.165) is 11.1 Å². The van der Waals surface area contributed by atoms with Crippen LogP contribution in [0.25, 0.3) is 0 Å². The fraction of sp³-hybridized carbons (Fsp3) is 0.263. The zero-order chi connectivity index (χ0) is 18.4. The zero-order valence-corrected chi connectivity index (χ0v) is 14.7. The molecule has 2 aliphatic heterocycles. The average Bonchev–Trinajstić information content (AvgIpc) is 3.15. The molecular formula is C19H18N4O3. The Morgan fingerprint density at radius 2 is 1.69 bits per heavy atom. The van der Waals surface area contributed by atoms with Gasteiger partial charge in [0.2, 0.25) is 0 Å². The summed E-state index contributed by atoms with van der Waals surface area (Å²) >= 11 is 0. The summed E-state index contributed by atoms with van der Waals surface area (Å²) in [6, 6.07) is 11.2. The Bertz CT molecular complexity index is 920. The summed E-state index contributed by atoms with van der Waals surface area (Å²) in [6.07, 6.45) is 0. The predicted octanol–water partition coefficient (Wildman–Crippen LogP) is 2.81. The van der Waals surface area contributed by atoms with Gasteiger partial charge in [0.1, 0.15) is 5.75 Å². The number of hydrogen-bond donors (Lipinski definition) is 0. The van der Waals surface area contributed by atoms with Crippen molar-refractivity contribution in [3.8, 4) is 5.75 Å². The minimum Gasteiger partial charge on any atom is -0.497 e. The lowest BCUT2D eigenvalue weighted by molar-refractivity contribution is -0.121. The van der Waals surface area contributed by atoms with Crippen LogP contribution in [-0.4, -0.2) is 31.0 Å². The lowest BCUT2D eigenvalue weighted by atomic mass is 10.1. The van der Waals surface area contributed by atoms with Gasteiger partial charge in [-0.3, -0.25) is 9.59 Å². The topological polar surface area (TPSA) is 74.6 Å². The fourth-order valence-corrected chi connectivity index (χ4v) is 3.46. The molecule has 2 amide bonds. The van der Waals surface area contributed by atoms with Crippen LogP contribution in [-0.2, 0) is 9.59 Å². The van der Waals surface area contributed by atoms with E-state index in [0.29, 0.717) is 17.1 Å². The Balaban J connectivity index is 1.71. The van der Waals surface area contributed by atoms with Gasteiger partial charge >= 0.3 is 0 Å². The first-order chi connectivity index (χ1) is 12.5. The van der Waals surface area contributed by atoms with E-state index in [9.17, 15) is 9.59 Å². The Morgan fingerprint density at radius 3 is 2.38 bits per heavy atom. The second-order valence-electron chi connectivity index (χ2n) is 6.50. The van der Waals surface area contributed by atoms with Crippen LogP contribution in [0.5, 0.6) is 5.75 Å². The molecule has 2 atom stereocenters. The Labute approximate surface area is 150 Å². The molecule has 7 nitrogen and oxygen atoms in total. The third-order valence-corrected chi connectivity index (χ3v) is 4.56. The molecule has 0 bridgehead atoms. The molecule has 0 spiro atoms. The van der Waals surface area contributed by atoms with Crippen molar-refractivity contribution in [3.63, 3.8) is 0 Å². The second kappa shape index (κ2) is 5.94. The average molecular weight is 350 g/mol. The molecule has 4 rings (SSSR count). The predicted molar refractivity (Wildman–Crippen MR) is 96.3 cm³/mol. The van der Waals surface area contributed by atoms with Gasteiger partial charge in [-0.15, -0.1) is 0 Å². The van der Waals surface area contributed by atoms with Crippen LogP contribution >= 0.6 is 0 Å². The number of anilines is 2. The van der Waals surface area contributed by atoms with E-state index < -0.39 is 12.1 Å². The number of methoxy groups -OCH3 is 1. The van der Waals surface area contributed by atoms with E-state index in [2.05, 4.69) is 10.3 Å². The highest BCUT2D eigenvalue weighted by Gasteiger charge is 2.55. The van der Waals surface area contributed by atoms with Gasteiger partial charge in [0.25, 0.3) is 11.8 Å². The standard InChI is InChI=1S/C19H18N4O3/c1-11-7-12(2)9-14(8-11)22-18(24)16-17(19(22)25)23(21-20-16)13-5-4-6-15(10-13)26-3/h4-10,16-17H,1-3H3/t16-,17+/m1/s1. The molecular weight excluding hydrogens is 332 g/mol. The van der Waals surface area contributed by atoms with E-state index in [1.54, 1.807) is 31.4 Å². The molecule has 132 valence electrons. The Morgan fingerprint density at radius 1 is 0.962 bits per heavy atom. The van der Waals surface area contributed by atoms with Gasteiger partial charge in [-0.25, -0.2) is 9.91 Å². The maximum atomic E-state index is 13.1. The molecule has 0 aromatic heterocycles. The minimum absolute atomic E-state index is 0.321. The quantitative estimate of drug-likeness (QED) is 0.798. The first-order valence-electron chi connectivity index (χ1n) is 8.30. The van der Waals surface area contributed by atoms with Gasteiger partial charge < -0.3 is 4.74 Å². The summed E-state index contributed by atoms with van der Waals surface area (Å²) in [5, 5.41) is 9.62. The fourth-order valence-electron chi connectivity index (χ4n) is 3.46. The highest BCUT2D eigenvalue weighted by molar-refractivity contribution is 6.26. The highest BCUT2D eigenvalue weighted by atomic mass is 16.5. The molecule has 2 aliphatic rings. The van der Waals surface area contributed by atoms with Gasteiger partial charge in [0.05, 0.1) is 18.5 Å². The lowest BCUT2D eigenvalue weighted by Gasteiger charge is -2.21. The van der Waals surface area contributed by atoms with Crippen molar-refractivity contribution >= 4 is 23.2 Å². The van der Waals surface area contributed by atoms with Crippen LogP contribution in [0.2, 0.25) is 0 Å². The lowest BCUT2D eigenvalue weighted by Crippen LogP contribution is -2.39. The smallest absolute Gasteiger partial charge is 0.263 e. The van der Waals surface area contributed by atoms with E-state index in [4.69, 9.17) is 4.74 Å². The third-order valence-electron chi connectivity index (χ3n) is 4.56. The first-order valence-corrected chi connectivity index (χ1v) is 8.30. The number of hydrogen-bond acceptors (Lipinski definition) is 6. The molecule has 2 aromatic carbocycles. The van der Waals surface area contributed by atoms with Crippen molar-refractivity contribution in [1.82, 2.24) is 0 Å². The van der Waals surface area contributed by atoms with E-state index in [-0.39, 0.29) is 11.8 Å². The summed E-state index contributed by atoms with van der Waals surface area (Å²) in [5.74, 6) is -0.0268. The van der Waals surface area contributed by atoms with Crippen LogP contribution in [0.4, 0.5) is 11.4 Å². The van der Waals surface area contributed by atoms with Crippen LogP contribution in [0, 0.1) is 13.8 Å². The second-order valence-corrected chi connectivity index (χ2v) is 6.50. The van der Waals surface area contributed by atoms with Crippen LogP contribution in [0.15, 0.2) is 52.8 Å². The number of amides is 2. The number of ether oxygens (including phenoxy) is 1. The van der Waals surface area contributed by atoms with E-state index in [1.807, 2.05) is 32.0 Å². The molecule has 26 heavy (non-hydrogen) atoms. The molecule has 0 radical (unpaired) electrons. The van der Waals surface area contributed by atoms with Gasteiger partial charge in [0.15, 0.2) is 12.1 Å². The van der Waals surface area contributed by atoms with Crippen molar-refractivity contribution in [2.75, 3.05) is 17.0 Å². The summed E-state index contributed by atoms with van der Waals surface area (Å²) in [7, 11) is 1.57. The summed E-state index contributed by atoms with van der Waals surface area (Å²) < 4.78 is 5.23. The first kappa shape index (κ1) is 16.3. The zero-order valence-electron chi connectivity index (χ0n) is 14.7. The molecule has 0 N–H and O–H groups in total. The van der Waals surface area contributed by atoms with Crippen LogP contribution in [0.1, 0.15) is 11.1 Å². The van der Waals surface area contributed by atoms with Crippen molar-refractivity contribution in [2.45, 2.75) is 25.9 Å². The number of rotatable bonds is 3. The molecule has 2 aromatic rings. The van der Waals surface area contributed by atoms with Gasteiger partial charge in [-0.05, 0) is 49.2 Å². The number of imide groups is 1. The van der Waals surface area contributed by atoms with Gasteiger partial charge in [-0.1, -0.05) is 17.4 Å². The maximum absolute atomic E-state index is 13.1.